The van der Waals surface area contributed by atoms with Gasteiger partial charge in [-0.1, -0.05) is 56.7 Å². The summed E-state index contributed by atoms with van der Waals surface area (Å²) in [5, 5.41) is 13.1. The number of rotatable bonds is 14. The lowest BCUT2D eigenvalue weighted by Crippen LogP contribution is -2.46. The quantitative estimate of drug-likeness (QED) is 0.354. The maximum atomic E-state index is 12.4. The molecule has 8 heteroatoms. The van der Waals surface area contributed by atoms with Crippen molar-refractivity contribution in [2.75, 3.05) is 26.4 Å². The molecule has 0 aliphatic rings. The van der Waals surface area contributed by atoms with E-state index in [1.54, 1.807) is 18.2 Å². The van der Waals surface area contributed by atoms with E-state index >= 15 is 0 Å². The van der Waals surface area contributed by atoms with Gasteiger partial charge in [0, 0.05) is 0 Å². The van der Waals surface area contributed by atoms with E-state index in [4.69, 9.17) is 18.9 Å². The van der Waals surface area contributed by atoms with Crippen LogP contribution in [0.2, 0.25) is 0 Å². The third kappa shape index (κ3) is 7.84. The molecule has 162 valence electrons. The van der Waals surface area contributed by atoms with E-state index in [1.165, 1.54) is 24.3 Å². The molecule has 0 aliphatic carbocycles. The number of hydrogen-bond acceptors (Lipinski definition) is 7. The minimum Gasteiger partial charge on any atom is -0.486 e. The number of alkyl carbamates (subject to hydrolysis) is 1. The molecule has 2 N–H and O–H groups in total. The molecule has 0 saturated carbocycles. The number of benzene rings is 1. The fourth-order valence-electron chi connectivity index (χ4n) is 2.23. The van der Waals surface area contributed by atoms with E-state index in [0.29, 0.717) is 11.5 Å². The molecule has 0 spiro atoms. The van der Waals surface area contributed by atoms with E-state index in [1.807, 2.05) is 0 Å². The Labute approximate surface area is 176 Å². The summed E-state index contributed by atoms with van der Waals surface area (Å²) >= 11 is 0. The van der Waals surface area contributed by atoms with Crippen molar-refractivity contribution in [1.82, 2.24) is 5.32 Å². The highest BCUT2D eigenvalue weighted by Crippen LogP contribution is 2.32. The summed E-state index contributed by atoms with van der Waals surface area (Å²) < 4.78 is 20.9. The van der Waals surface area contributed by atoms with Crippen molar-refractivity contribution >= 4 is 12.1 Å². The molecule has 0 saturated heterocycles. The van der Waals surface area contributed by atoms with Gasteiger partial charge in [-0.25, -0.2) is 9.59 Å². The van der Waals surface area contributed by atoms with Gasteiger partial charge in [-0.05, 0) is 17.7 Å². The Hall–Kier alpha value is -3.52. The van der Waals surface area contributed by atoms with Crippen LogP contribution < -0.4 is 14.8 Å². The number of esters is 1. The number of aliphatic hydroxyl groups excluding tert-OH is 1. The van der Waals surface area contributed by atoms with Gasteiger partial charge < -0.3 is 29.4 Å². The Kier molecular flexibility index (Phi) is 11.1. The monoisotopic (exact) mass is 417 g/mol. The summed E-state index contributed by atoms with van der Waals surface area (Å²) in [6.07, 6.45) is 3.48. The predicted octanol–water partition coefficient (Wildman–Crippen LogP) is 2.86. The highest BCUT2D eigenvalue weighted by atomic mass is 16.6. The van der Waals surface area contributed by atoms with E-state index in [9.17, 15) is 14.7 Å². The molecule has 0 heterocycles. The standard InChI is InChI=1S/C22H27NO7/c1-5-11-27-17-10-9-16(15-18(17)28-12-6-2)20(24)19(21(25)29-13-7-3)23-22(26)30-14-8-4/h5-10,15,19-20,24H,1-4,11-14H2,(H,23,26)/t19-,20?/m0/s1. The zero-order valence-electron chi connectivity index (χ0n) is 16.7. The van der Waals surface area contributed by atoms with Crippen LogP contribution in [0.1, 0.15) is 11.7 Å². The first-order chi connectivity index (χ1) is 14.5. The Morgan fingerprint density at radius 1 is 0.900 bits per heavy atom. The molecule has 0 aliphatic heterocycles. The van der Waals surface area contributed by atoms with Gasteiger partial charge in [0.15, 0.2) is 17.5 Å². The Balaban J connectivity index is 3.16. The van der Waals surface area contributed by atoms with Crippen LogP contribution in [0.3, 0.4) is 0 Å². The minimum absolute atomic E-state index is 0.0643. The Bertz CT molecular complexity index is 760. The van der Waals surface area contributed by atoms with Gasteiger partial charge in [0.25, 0.3) is 0 Å². The number of nitrogens with one attached hydrogen (secondary N) is 1. The molecule has 1 unspecified atom stereocenters. The summed E-state index contributed by atoms with van der Waals surface area (Å²) in [5.41, 5.74) is 0.282. The lowest BCUT2D eigenvalue weighted by molar-refractivity contribution is -0.148. The average molecular weight is 417 g/mol. The highest BCUT2D eigenvalue weighted by molar-refractivity contribution is 5.82. The summed E-state index contributed by atoms with van der Waals surface area (Å²) in [6.45, 7) is 14.4. The molecule has 0 bridgehead atoms. The fourth-order valence-corrected chi connectivity index (χ4v) is 2.23. The van der Waals surface area contributed by atoms with Crippen LogP contribution in [0.25, 0.3) is 0 Å². The number of aliphatic hydroxyl groups is 1. The second-order valence-electron chi connectivity index (χ2n) is 5.78. The van der Waals surface area contributed by atoms with Crippen molar-refractivity contribution in [3.8, 4) is 11.5 Å². The molecule has 8 nitrogen and oxygen atoms in total. The number of hydrogen-bond donors (Lipinski definition) is 2. The highest BCUT2D eigenvalue weighted by Gasteiger charge is 2.32. The van der Waals surface area contributed by atoms with Gasteiger partial charge in [-0.3, -0.25) is 0 Å². The maximum Gasteiger partial charge on any atom is 0.408 e. The van der Waals surface area contributed by atoms with Gasteiger partial charge in [-0.2, -0.15) is 0 Å². The van der Waals surface area contributed by atoms with Crippen molar-refractivity contribution in [2.45, 2.75) is 12.1 Å². The van der Waals surface area contributed by atoms with E-state index in [0.717, 1.165) is 0 Å². The van der Waals surface area contributed by atoms with E-state index in [-0.39, 0.29) is 32.0 Å². The first-order valence-corrected chi connectivity index (χ1v) is 9.09. The van der Waals surface area contributed by atoms with Gasteiger partial charge in [0.1, 0.15) is 32.5 Å². The van der Waals surface area contributed by atoms with Gasteiger partial charge in [0.2, 0.25) is 0 Å². The number of ether oxygens (including phenoxy) is 4. The molecule has 0 fully saturated rings. The van der Waals surface area contributed by atoms with Crippen molar-refractivity contribution < 1.29 is 33.6 Å². The minimum atomic E-state index is -1.46. The Morgan fingerprint density at radius 2 is 1.47 bits per heavy atom. The van der Waals surface area contributed by atoms with E-state index < -0.39 is 24.2 Å². The van der Waals surface area contributed by atoms with Crippen LogP contribution in [0, 0.1) is 0 Å². The lowest BCUT2D eigenvalue weighted by Gasteiger charge is -2.23. The number of amides is 1. The third-order valence-electron chi connectivity index (χ3n) is 3.54. The smallest absolute Gasteiger partial charge is 0.408 e. The third-order valence-corrected chi connectivity index (χ3v) is 3.54. The molecular formula is C22H27NO7. The number of carbonyl (C=O) groups excluding carboxylic acids is 2. The van der Waals surface area contributed by atoms with Crippen LogP contribution in [0.4, 0.5) is 4.79 Å². The normalized spacial score (nSPS) is 11.9. The zero-order chi connectivity index (χ0) is 22.4. The second-order valence-corrected chi connectivity index (χ2v) is 5.78. The van der Waals surface area contributed by atoms with Crippen LogP contribution in [0.5, 0.6) is 11.5 Å². The molecule has 0 aromatic heterocycles. The largest absolute Gasteiger partial charge is 0.486 e. The van der Waals surface area contributed by atoms with Crippen LogP contribution in [-0.2, 0) is 14.3 Å². The molecule has 1 rings (SSSR count). The maximum absolute atomic E-state index is 12.4. The van der Waals surface area contributed by atoms with Crippen molar-refractivity contribution in [1.29, 1.82) is 0 Å². The second kappa shape index (κ2) is 13.6. The van der Waals surface area contributed by atoms with Crippen molar-refractivity contribution in [3.63, 3.8) is 0 Å². The number of carbonyl (C=O) groups is 2. The van der Waals surface area contributed by atoms with Crippen LogP contribution in [0.15, 0.2) is 68.8 Å². The van der Waals surface area contributed by atoms with Crippen LogP contribution >= 0.6 is 0 Å². The predicted molar refractivity (Wildman–Crippen MR) is 112 cm³/mol. The molecule has 1 aromatic carbocycles. The Morgan fingerprint density at radius 3 is 2.07 bits per heavy atom. The van der Waals surface area contributed by atoms with Crippen LogP contribution in [-0.4, -0.2) is 49.6 Å². The first kappa shape index (κ1) is 24.5. The zero-order valence-corrected chi connectivity index (χ0v) is 16.7. The molecule has 2 atom stereocenters. The summed E-state index contributed by atoms with van der Waals surface area (Å²) in [5.74, 6) is -0.129. The molecule has 30 heavy (non-hydrogen) atoms. The van der Waals surface area contributed by atoms with Gasteiger partial charge >= 0.3 is 12.1 Å². The molecule has 0 radical (unpaired) electrons. The topological polar surface area (TPSA) is 103 Å². The summed E-state index contributed by atoms with van der Waals surface area (Å²) in [6, 6.07) is 3.17. The fraction of sp³-hybridized carbons (Fsp3) is 0.273. The lowest BCUT2D eigenvalue weighted by atomic mass is 10.0. The molecule has 1 amide bonds. The average Bonchev–Trinajstić information content (AvgIpc) is 2.76. The van der Waals surface area contributed by atoms with Crippen molar-refractivity contribution in [3.05, 3.63) is 74.4 Å². The van der Waals surface area contributed by atoms with Gasteiger partial charge in [-0.15, -0.1) is 0 Å². The van der Waals surface area contributed by atoms with Gasteiger partial charge in [0.05, 0.1) is 0 Å². The summed E-state index contributed by atoms with van der Waals surface area (Å²) in [7, 11) is 0. The first-order valence-electron chi connectivity index (χ1n) is 9.09. The van der Waals surface area contributed by atoms with Crippen molar-refractivity contribution in [2.24, 2.45) is 0 Å². The summed E-state index contributed by atoms with van der Waals surface area (Å²) in [4.78, 5) is 24.3. The van der Waals surface area contributed by atoms with E-state index in [2.05, 4.69) is 31.6 Å². The SMILES string of the molecule is C=CCOC(=O)N[C@H](C(=O)OCC=C)C(O)c1ccc(OCC=C)c(OCC=C)c1. The molecular weight excluding hydrogens is 390 g/mol. The molecule has 1 aromatic rings.